The molecule has 0 saturated carbocycles. The van der Waals surface area contributed by atoms with E-state index in [2.05, 4.69) is 29.2 Å². The first-order chi connectivity index (χ1) is 13.3. The maximum Gasteiger partial charge on any atom is 0.224 e. The summed E-state index contributed by atoms with van der Waals surface area (Å²) in [5, 5.41) is 0. The lowest BCUT2D eigenvalue weighted by Crippen LogP contribution is -2.42. The smallest absolute Gasteiger partial charge is 0.224 e. The molecule has 1 aliphatic heterocycles. The third-order valence-electron chi connectivity index (χ3n) is 5.83. The van der Waals surface area contributed by atoms with Crippen molar-refractivity contribution in [2.24, 2.45) is 0 Å². The van der Waals surface area contributed by atoms with Gasteiger partial charge in [0.05, 0.1) is 6.54 Å². The van der Waals surface area contributed by atoms with Crippen LogP contribution < -0.4 is 4.74 Å². The molecule has 4 nitrogen and oxygen atoms in total. The van der Waals surface area contributed by atoms with E-state index in [1.165, 1.54) is 17.5 Å². The van der Waals surface area contributed by atoms with Crippen LogP contribution >= 0.6 is 0 Å². The van der Waals surface area contributed by atoms with Gasteiger partial charge >= 0.3 is 0 Å². The Morgan fingerprint density at radius 1 is 0.889 bits per heavy atom. The van der Waals surface area contributed by atoms with Gasteiger partial charge in [0.2, 0.25) is 5.91 Å². The minimum Gasteiger partial charge on any atom is -0.492 e. The van der Waals surface area contributed by atoms with Gasteiger partial charge in [0.1, 0.15) is 12.4 Å². The average molecular weight is 364 g/mol. The third-order valence-corrected chi connectivity index (χ3v) is 5.83. The number of benzene rings is 2. The Labute approximate surface area is 161 Å². The van der Waals surface area contributed by atoms with Crippen LogP contribution in [0.4, 0.5) is 0 Å². The summed E-state index contributed by atoms with van der Waals surface area (Å²) in [5.41, 5.74) is 2.98. The molecule has 0 spiro atoms. The Morgan fingerprint density at radius 2 is 1.67 bits per heavy atom. The summed E-state index contributed by atoms with van der Waals surface area (Å²) < 4.78 is 5.77. The molecule has 2 aromatic carbocycles. The zero-order chi connectivity index (χ0) is 18.5. The molecule has 2 aliphatic rings. The van der Waals surface area contributed by atoms with Crippen molar-refractivity contribution in [1.82, 2.24) is 9.80 Å². The lowest BCUT2D eigenvalue weighted by atomic mass is 9.87. The molecule has 0 bridgehead atoms. The molecule has 1 heterocycles. The number of para-hydroxylation sites is 1. The number of hydrogen-bond donors (Lipinski definition) is 0. The van der Waals surface area contributed by atoms with E-state index >= 15 is 0 Å². The highest BCUT2D eigenvalue weighted by molar-refractivity contribution is 5.76. The van der Waals surface area contributed by atoms with Crippen molar-refractivity contribution in [3.63, 3.8) is 0 Å². The first-order valence-corrected chi connectivity index (χ1v) is 10.1. The Kier molecular flexibility index (Phi) is 5.73. The number of hydrogen-bond acceptors (Lipinski definition) is 3. The molecule has 4 rings (SSSR count). The van der Waals surface area contributed by atoms with Gasteiger partial charge in [0.15, 0.2) is 0 Å². The lowest BCUT2D eigenvalue weighted by molar-refractivity contribution is -0.130. The van der Waals surface area contributed by atoms with Gasteiger partial charge in [-0.2, -0.15) is 0 Å². The van der Waals surface area contributed by atoms with Crippen LogP contribution in [-0.2, 0) is 17.6 Å². The maximum absolute atomic E-state index is 12.5. The van der Waals surface area contributed by atoms with Crippen LogP contribution in [0.3, 0.4) is 0 Å². The van der Waals surface area contributed by atoms with E-state index in [1.54, 1.807) is 0 Å². The topological polar surface area (TPSA) is 32.8 Å². The first kappa shape index (κ1) is 18.1. The largest absolute Gasteiger partial charge is 0.492 e. The van der Waals surface area contributed by atoms with E-state index < -0.39 is 0 Å². The second-order valence-electron chi connectivity index (χ2n) is 7.49. The molecule has 2 aromatic rings. The van der Waals surface area contributed by atoms with E-state index in [4.69, 9.17) is 4.74 Å². The number of carbonyl (C=O) groups is 1. The third kappa shape index (κ3) is 4.51. The van der Waals surface area contributed by atoms with E-state index in [1.807, 2.05) is 35.2 Å². The molecule has 4 heteroatoms. The predicted molar refractivity (Wildman–Crippen MR) is 107 cm³/mol. The summed E-state index contributed by atoms with van der Waals surface area (Å²) in [6.07, 6.45) is 4.08. The van der Waals surface area contributed by atoms with Crippen molar-refractivity contribution >= 4 is 5.91 Å². The van der Waals surface area contributed by atoms with Crippen molar-refractivity contribution in [2.45, 2.75) is 31.7 Å². The van der Waals surface area contributed by atoms with E-state index in [-0.39, 0.29) is 5.91 Å². The minimum absolute atomic E-state index is 0.255. The Morgan fingerprint density at radius 3 is 2.52 bits per heavy atom. The normalized spacial score (nSPS) is 20.8. The minimum atomic E-state index is 0.255. The van der Waals surface area contributed by atoms with Gasteiger partial charge in [-0.3, -0.25) is 9.69 Å². The molecule has 0 unspecified atom stereocenters. The number of ether oxygens (including phenoxy) is 1. The molecular formula is C23H28N2O2. The molecular weight excluding hydrogens is 336 g/mol. The molecule has 1 amide bonds. The van der Waals surface area contributed by atoms with Crippen molar-refractivity contribution in [3.8, 4) is 5.75 Å². The van der Waals surface area contributed by atoms with Crippen molar-refractivity contribution in [3.05, 3.63) is 65.7 Å². The van der Waals surface area contributed by atoms with Crippen LogP contribution in [0, 0.1) is 0 Å². The van der Waals surface area contributed by atoms with Crippen LogP contribution in [0.2, 0.25) is 0 Å². The van der Waals surface area contributed by atoms with Crippen LogP contribution in [-0.4, -0.2) is 54.5 Å². The summed E-state index contributed by atoms with van der Waals surface area (Å²) in [4.78, 5) is 17.0. The molecule has 1 atom stereocenters. The lowest BCUT2D eigenvalue weighted by Gasteiger charge is -2.34. The highest BCUT2D eigenvalue weighted by Gasteiger charge is 2.28. The number of carbonyl (C=O) groups excluding carboxylic acids is 1. The molecule has 0 N–H and O–H groups in total. The summed E-state index contributed by atoms with van der Waals surface area (Å²) >= 11 is 0. The summed E-state index contributed by atoms with van der Waals surface area (Å²) in [6, 6.07) is 19.2. The fourth-order valence-corrected chi connectivity index (χ4v) is 4.27. The van der Waals surface area contributed by atoms with E-state index in [9.17, 15) is 4.79 Å². The summed E-state index contributed by atoms with van der Waals surface area (Å²) in [5.74, 6) is 1.12. The van der Waals surface area contributed by atoms with Gasteiger partial charge in [0, 0.05) is 32.1 Å². The zero-order valence-electron chi connectivity index (χ0n) is 15.8. The monoisotopic (exact) mass is 364 g/mol. The predicted octanol–water partition coefficient (Wildman–Crippen LogP) is 3.16. The van der Waals surface area contributed by atoms with Crippen molar-refractivity contribution < 1.29 is 9.53 Å². The van der Waals surface area contributed by atoms with Crippen LogP contribution in [0.5, 0.6) is 5.75 Å². The number of rotatable bonds is 5. The van der Waals surface area contributed by atoms with Gasteiger partial charge in [-0.25, -0.2) is 0 Å². The first-order valence-electron chi connectivity index (χ1n) is 10.1. The number of fused-ring (bicyclic) bond motifs is 1. The van der Waals surface area contributed by atoms with E-state index in [0.717, 1.165) is 38.2 Å². The maximum atomic E-state index is 12.5. The van der Waals surface area contributed by atoms with Gasteiger partial charge in [-0.15, -0.1) is 0 Å². The summed E-state index contributed by atoms with van der Waals surface area (Å²) in [7, 11) is 0. The molecule has 1 aliphatic carbocycles. The van der Waals surface area contributed by atoms with Crippen molar-refractivity contribution in [1.29, 1.82) is 0 Å². The summed E-state index contributed by atoms with van der Waals surface area (Å²) in [6.45, 7) is 3.85. The standard InChI is InChI=1S/C23H28N2O2/c26-23-12-13-24(21-11-10-19-6-4-5-7-20(19)18-21)14-15-25(23)16-17-27-22-8-2-1-3-9-22/h1-9,21H,10-18H2/t21-/m1/s1. The van der Waals surface area contributed by atoms with Gasteiger partial charge < -0.3 is 9.64 Å². The highest BCUT2D eigenvalue weighted by atomic mass is 16.5. The second kappa shape index (κ2) is 8.57. The Hall–Kier alpha value is -2.33. The second-order valence-corrected chi connectivity index (χ2v) is 7.49. The van der Waals surface area contributed by atoms with Gasteiger partial charge in [-0.05, 0) is 42.5 Å². The van der Waals surface area contributed by atoms with E-state index in [0.29, 0.717) is 25.6 Å². The van der Waals surface area contributed by atoms with Crippen LogP contribution in [0.25, 0.3) is 0 Å². The fourth-order valence-electron chi connectivity index (χ4n) is 4.27. The Bertz CT molecular complexity index is 762. The van der Waals surface area contributed by atoms with Gasteiger partial charge in [-0.1, -0.05) is 42.5 Å². The number of aryl methyl sites for hydroxylation is 1. The number of nitrogens with zero attached hydrogens (tertiary/aromatic N) is 2. The van der Waals surface area contributed by atoms with Crippen LogP contribution in [0.15, 0.2) is 54.6 Å². The molecule has 0 radical (unpaired) electrons. The van der Waals surface area contributed by atoms with Gasteiger partial charge in [0.25, 0.3) is 0 Å². The molecule has 0 aromatic heterocycles. The number of amides is 1. The molecule has 1 saturated heterocycles. The SMILES string of the molecule is O=C1CCN([C@@H]2CCc3ccccc3C2)CCN1CCOc1ccccc1. The zero-order valence-corrected chi connectivity index (χ0v) is 15.8. The Balaban J connectivity index is 1.30. The quantitative estimate of drug-likeness (QED) is 0.817. The fraction of sp³-hybridized carbons (Fsp3) is 0.435. The van der Waals surface area contributed by atoms with Crippen LogP contribution in [0.1, 0.15) is 24.0 Å². The molecule has 142 valence electrons. The average Bonchev–Trinajstić information content (AvgIpc) is 2.90. The van der Waals surface area contributed by atoms with Crippen molar-refractivity contribution in [2.75, 3.05) is 32.8 Å². The molecule has 27 heavy (non-hydrogen) atoms. The highest BCUT2D eigenvalue weighted by Crippen LogP contribution is 2.25. The molecule has 1 fully saturated rings.